The number of thioether (sulfide) groups is 1. The van der Waals surface area contributed by atoms with Gasteiger partial charge in [0.05, 0.1) is 29.2 Å². The SMILES string of the molecule is CC[C@@H](CO)N1C(=O)[C@@H]2[C@@H](C(=O)NCc3ccccc3)[C@H]3CCC2(S3)C1C(=O)NCc1ccccc1. The van der Waals surface area contributed by atoms with Gasteiger partial charge in [-0.3, -0.25) is 14.4 Å². The number of benzene rings is 2. The molecule has 0 saturated carbocycles. The summed E-state index contributed by atoms with van der Waals surface area (Å²) < 4.78 is -0.653. The molecular weight excluding hydrogens is 474 g/mol. The molecule has 1 spiro atoms. The summed E-state index contributed by atoms with van der Waals surface area (Å²) >= 11 is 1.65. The highest BCUT2D eigenvalue weighted by molar-refractivity contribution is 8.02. The van der Waals surface area contributed by atoms with Gasteiger partial charge in [-0.25, -0.2) is 0 Å². The van der Waals surface area contributed by atoms with Gasteiger partial charge in [0, 0.05) is 18.3 Å². The van der Waals surface area contributed by atoms with Crippen LogP contribution in [-0.2, 0) is 27.5 Å². The first kappa shape index (κ1) is 24.8. The Hall–Kier alpha value is -2.84. The second kappa shape index (κ2) is 10.3. The van der Waals surface area contributed by atoms with E-state index in [2.05, 4.69) is 10.6 Å². The van der Waals surface area contributed by atoms with Crippen molar-refractivity contribution in [3.8, 4) is 0 Å². The summed E-state index contributed by atoms with van der Waals surface area (Å²) in [6.45, 7) is 2.46. The highest BCUT2D eigenvalue weighted by Crippen LogP contribution is 2.66. The van der Waals surface area contributed by atoms with E-state index in [0.717, 1.165) is 17.5 Å². The molecule has 7 nitrogen and oxygen atoms in total. The highest BCUT2D eigenvalue weighted by atomic mass is 32.2. The number of carbonyl (C=O) groups is 3. The van der Waals surface area contributed by atoms with Crippen molar-refractivity contribution in [2.45, 2.75) is 61.4 Å². The van der Waals surface area contributed by atoms with Gasteiger partial charge < -0.3 is 20.6 Å². The number of aliphatic hydroxyl groups excluding tert-OH is 1. The molecule has 3 heterocycles. The fourth-order valence-electron chi connectivity index (χ4n) is 6.28. The normalized spacial score (nSPS) is 29.2. The van der Waals surface area contributed by atoms with E-state index in [1.165, 1.54) is 0 Å². The van der Waals surface area contributed by atoms with Crippen LogP contribution in [0.15, 0.2) is 60.7 Å². The first-order valence-electron chi connectivity index (χ1n) is 12.7. The van der Waals surface area contributed by atoms with E-state index in [4.69, 9.17) is 0 Å². The van der Waals surface area contributed by atoms with Crippen molar-refractivity contribution in [2.24, 2.45) is 11.8 Å². The smallest absolute Gasteiger partial charge is 0.244 e. The van der Waals surface area contributed by atoms with E-state index < -0.39 is 28.7 Å². The Morgan fingerprint density at radius 1 is 1.03 bits per heavy atom. The molecule has 5 rings (SSSR count). The summed E-state index contributed by atoms with van der Waals surface area (Å²) in [7, 11) is 0. The number of likely N-dealkylation sites (tertiary alicyclic amines) is 1. The van der Waals surface area contributed by atoms with Crippen LogP contribution in [-0.4, -0.2) is 56.4 Å². The van der Waals surface area contributed by atoms with Crippen molar-refractivity contribution < 1.29 is 19.5 Å². The van der Waals surface area contributed by atoms with Crippen LogP contribution in [0.25, 0.3) is 0 Å². The van der Waals surface area contributed by atoms with Crippen molar-refractivity contribution >= 4 is 29.5 Å². The summed E-state index contributed by atoms with van der Waals surface area (Å²) in [6.07, 6.45) is 2.04. The molecule has 3 N–H and O–H groups in total. The number of hydrogen-bond acceptors (Lipinski definition) is 5. The third-order valence-corrected chi connectivity index (χ3v) is 9.94. The second-order valence-electron chi connectivity index (χ2n) is 9.95. The van der Waals surface area contributed by atoms with Crippen molar-refractivity contribution in [3.63, 3.8) is 0 Å². The number of fused-ring (bicyclic) bond motifs is 1. The molecule has 0 radical (unpaired) electrons. The average Bonchev–Trinajstić information content (AvgIpc) is 3.56. The number of carbonyl (C=O) groups excluding carboxylic acids is 3. The lowest BCUT2D eigenvalue weighted by Gasteiger charge is -2.36. The lowest BCUT2D eigenvalue weighted by molar-refractivity contribution is -0.142. The van der Waals surface area contributed by atoms with Gasteiger partial charge >= 0.3 is 0 Å². The fourth-order valence-corrected chi connectivity index (χ4v) is 8.49. The van der Waals surface area contributed by atoms with Crippen molar-refractivity contribution in [1.29, 1.82) is 0 Å². The molecule has 8 heteroatoms. The van der Waals surface area contributed by atoms with Crippen LogP contribution in [0.4, 0.5) is 0 Å². The van der Waals surface area contributed by atoms with Crippen LogP contribution in [0.5, 0.6) is 0 Å². The molecule has 36 heavy (non-hydrogen) atoms. The van der Waals surface area contributed by atoms with Crippen LogP contribution < -0.4 is 10.6 Å². The number of nitrogens with zero attached hydrogens (tertiary/aromatic N) is 1. The van der Waals surface area contributed by atoms with Gasteiger partial charge in [-0.1, -0.05) is 67.6 Å². The molecule has 0 aliphatic carbocycles. The minimum Gasteiger partial charge on any atom is -0.394 e. The van der Waals surface area contributed by atoms with Gasteiger partial charge in [0.1, 0.15) is 6.04 Å². The monoisotopic (exact) mass is 507 g/mol. The van der Waals surface area contributed by atoms with E-state index >= 15 is 0 Å². The lowest BCUT2D eigenvalue weighted by Crippen LogP contribution is -2.56. The van der Waals surface area contributed by atoms with E-state index in [9.17, 15) is 19.5 Å². The Bertz CT molecular complexity index is 1110. The number of hydrogen-bond donors (Lipinski definition) is 3. The minimum atomic E-state index is -0.710. The molecule has 2 bridgehead atoms. The molecule has 3 aliphatic heterocycles. The predicted octanol–water partition coefficient (Wildman–Crippen LogP) is 2.48. The first-order chi connectivity index (χ1) is 17.5. The van der Waals surface area contributed by atoms with E-state index in [0.29, 0.717) is 25.9 Å². The molecule has 3 amide bonds. The van der Waals surface area contributed by atoms with Crippen LogP contribution in [0.3, 0.4) is 0 Å². The summed E-state index contributed by atoms with van der Waals surface area (Å²) in [6, 6.07) is 18.2. The van der Waals surface area contributed by atoms with E-state index in [1.807, 2.05) is 67.6 Å². The molecule has 2 unspecified atom stereocenters. The van der Waals surface area contributed by atoms with Gasteiger partial charge in [-0.2, -0.15) is 0 Å². The molecule has 190 valence electrons. The van der Waals surface area contributed by atoms with Crippen LogP contribution in [0.2, 0.25) is 0 Å². The molecule has 2 aromatic rings. The topological polar surface area (TPSA) is 98.7 Å². The van der Waals surface area contributed by atoms with Crippen molar-refractivity contribution in [2.75, 3.05) is 6.61 Å². The molecule has 3 fully saturated rings. The van der Waals surface area contributed by atoms with Crippen molar-refractivity contribution in [1.82, 2.24) is 15.5 Å². The fraction of sp³-hybridized carbons (Fsp3) is 0.464. The largest absolute Gasteiger partial charge is 0.394 e. The van der Waals surface area contributed by atoms with Crippen LogP contribution in [0.1, 0.15) is 37.3 Å². The Labute approximate surface area is 216 Å². The molecule has 0 aromatic heterocycles. The number of rotatable bonds is 9. The maximum absolute atomic E-state index is 14.0. The lowest BCUT2D eigenvalue weighted by atomic mass is 9.70. The van der Waals surface area contributed by atoms with Gasteiger partial charge in [-0.15, -0.1) is 11.8 Å². The summed E-state index contributed by atoms with van der Waals surface area (Å²) in [5.41, 5.74) is 1.98. The Kier molecular flexibility index (Phi) is 7.08. The van der Waals surface area contributed by atoms with E-state index in [1.54, 1.807) is 16.7 Å². The Balaban J connectivity index is 1.41. The van der Waals surface area contributed by atoms with Crippen LogP contribution >= 0.6 is 11.8 Å². The van der Waals surface area contributed by atoms with Gasteiger partial charge in [0.15, 0.2) is 0 Å². The Morgan fingerprint density at radius 3 is 2.17 bits per heavy atom. The minimum absolute atomic E-state index is 0.00972. The zero-order chi connectivity index (χ0) is 25.3. The molecule has 6 atom stereocenters. The zero-order valence-corrected chi connectivity index (χ0v) is 21.2. The third kappa shape index (κ3) is 4.20. The highest BCUT2D eigenvalue weighted by Gasteiger charge is 2.74. The molecule has 3 aliphatic rings. The zero-order valence-electron chi connectivity index (χ0n) is 20.4. The van der Waals surface area contributed by atoms with Crippen molar-refractivity contribution in [3.05, 3.63) is 71.8 Å². The van der Waals surface area contributed by atoms with Gasteiger partial charge in [0.25, 0.3) is 0 Å². The van der Waals surface area contributed by atoms with Crippen LogP contribution in [0, 0.1) is 11.8 Å². The first-order valence-corrected chi connectivity index (χ1v) is 13.6. The third-order valence-electron chi connectivity index (χ3n) is 7.98. The van der Waals surface area contributed by atoms with Gasteiger partial charge in [-0.05, 0) is 30.4 Å². The predicted molar refractivity (Wildman–Crippen MR) is 139 cm³/mol. The number of nitrogens with one attached hydrogen (secondary N) is 2. The maximum atomic E-state index is 14.0. The quantitative estimate of drug-likeness (QED) is 0.484. The molecular formula is C28H33N3O4S. The summed E-state index contributed by atoms with van der Waals surface area (Å²) in [5, 5.41) is 16.2. The number of aliphatic hydroxyl groups is 1. The van der Waals surface area contributed by atoms with Gasteiger partial charge in [0.2, 0.25) is 17.7 Å². The van der Waals surface area contributed by atoms with E-state index in [-0.39, 0.29) is 29.6 Å². The maximum Gasteiger partial charge on any atom is 0.244 e. The standard InChI is InChI=1S/C28H33N3O4S/c1-2-20(17-32)31-24(26(34)30-16-19-11-7-4-8-12-19)28-14-13-21(36-28)22(23(28)27(31)35)25(33)29-15-18-9-5-3-6-10-18/h3-12,20-24,32H,2,13-17H2,1H3,(H,29,33)(H,30,34)/t20-,21+,22-,23-,24?,28?/m0/s1. The summed E-state index contributed by atoms with van der Waals surface area (Å²) in [5.74, 6) is -1.56. The Morgan fingerprint density at radius 2 is 1.61 bits per heavy atom. The molecule has 3 saturated heterocycles. The second-order valence-corrected chi connectivity index (χ2v) is 11.6. The molecule has 2 aromatic carbocycles. The summed E-state index contributed by atoms with van der Waals surface area (Å²) in [4.78, 5) is 42.7. The average molecular weight is 508 g/mol. The number of amides is 3.